The van der Waals surface area contributed by atoms with E-state index in [9.17, 15) is 0 Å². The van der Waals surface area contributed by atoms with Crippen molar-refractivity contribution in [1.82, 2.24) is 10.1 Å². The maximum absolute atomic E-state index is 6.02. The number of aromatic nitrogens is 2. The van der Waals surface area contributed by atoms with Gasteiger partial charge in [0.05, 0.1) is 6.04 Å². The highest BCUT2D eigenvalue weighted by molar-refractivity contribution is 7.07. The molecule has 0 saturated heterocycles. The summed E-state index contributed by atoms with van der Waals surface area (Å²) in [5, 5.41) is 7.94. The van der Waals surface area contributed by atoms with Crippen LogP contribution in [0.4, 0.5) is 0 Å². The van der Waals surface area contributed by atoms with Gasteiger partial charge in [0.2, 0.25) is 5.89 Å². The molecule has 3 rings (SSSR count). The fourth-order valence-corrected chi connectivity index (χ4v) is 2.17. The Hall–Kier alpha value is -1.20. The molecule has 2 aromatic rings. The summed E-state index contributed by atoms with van der Waals surface area (Å²) in [6.45, 7) is 0. The molecule has 15 heavy (non-hydrogen) atoms. The second-order valence-electron chi connectivity index (χ2n) is 3.80. The van der Waals surface area contributed by atoms with E-state index in [4.69, 9.17) is 10.3 Å². The van der Waals surface area contributed by atoms with Crippen molar-refractivity contribution in [2.45, 2.75) is 24.8 Å². The number of rotatable bonds is 3. The lowest BCUT2D eigenvalue weighted by atomic mass is 10.1. The quantitative estimate of drug-likeness (QED) is 0.861. The molecule has 4 nitrogen and oxygen atoms in total. The van der Waals surface area contributed by atoms with Crippen molar-refractivity contribution in [1.29, 1.82) is 0 Å². The van der Waals surface area contributed by atoms with Gasteiger partial charge >= 0.3 is 0 Å². The lowest BCUT2D eigenvalue weighted by Crippen LogP contribution is -2.12. The summed E-state index contributed by atoms with van der Waals surface area (Å²) in [5.41, 5.74) is 7.06. The molecule has 0 amide bonds. The molecule has 1 aliphatic rings. The molecule has 0 radical (unpaired) electrons. The summed E-state index contributed by atoms with van der Waals surface area (Å²) >= 11 is 1.62. The number of nitrogens with zero attached hydrogens (tertiary/aromatic N) is 2. The van der Waals surface area contributed by atoms with Crippen LogP contribution in [0.25, 0.3) is 0 Å². The van der Waals surface area contributed by atoms with Gasteiger partial charge in [-0.2, -0.15) is 16.3 Å². The molecule has 0 aliphatic heterocycles. The summed E-state index contributed by atoms with van der Waals surface area (Å²) in [6.07, 6.45) is 2.32. The minimum absolute atomic E-state index is 0.257. The highest BCUT2D eigenvalue weighted by Gasteiger charge is 2.30. The van der Waals surface area contributed by atoms with Crippen LogP contribution in [0, 0.1) is 0 Å². The lowest BCUT2D eigenvalue weighted by molar-refractivity contribution is 0.372. The molecule has 1 saturated carbocycles. The smallest absolute Gasteiger partial charge is 0.229 e. The molecule has 5 heteroatoms. The third kappa shape index (κ3) is 1.68. The molecule has 0 spiro atoms. The Morgan fingerprint density at radius 1 is 1.53 bits per heavy atom. The van der Waals surface area contributed by atoms with Crippen LogP contribution < -0.4 is 5.73 Å². The Balaban J connectivity index is 1.85. The largest absolute Gasteiger partial charge is 0.339 e. The van der Waals surface area contributed by atoms with Gasteiger partial charge in [0.1, 0.15) is 0 Å². The van der Waals surface area contributed by atoms with Crippen molar-refractivity contribution in [2.75, 3.05) is 0 Å². The van der Waals surface area contributed by atoms with Crippen LogP contribution in [0.2, 0.25) is 0 Å². The van der Waals surface area contributed by atoms with E-state index in [-0.39, 0.29) is 6.04 Å². The Bertz CT molecular complexity index is 447. The zero-order valence-electron chi connectivity index (χ0n) is 8.09. The Morgan fingerprint density at radius 2 is 2.40 bits per heavy atom. The van der Waals surface area contributed by atoms with Crippen LogP contribution in [0.5, 0.6) is 0 Å². The summed E-state index contributed by atoms with van der Waals surface area (Å²) in [7, 11) is 0. The summed E-state index contributed by atoms with van der Waals surface area (Å²) in [4.78, 5) is 4.33. The van der Waals surface area contributed by atoms with Gasteiger partial charge in [-0.15, -0.1) is 0 Å². The van der Waals surface area contributed by atoms with Crippen molar-refractivity contribution in [3.8, 4) is 0 Å². The molecule has 0 aromatic carbocycles. The molecule has 2 N–H and O–H groups in total. The fourth-order valence-electron chi connectivity index (χ4n) is 1.47. The molecule has 78 valence electrons. The second kappa shape index (κ2) is 3.43. The standard InChI is InChI=1S/C10H11N3OS/c11-8(7-3-4-15-5-7)9-12-10(14-13-9)6-1-2-6/h3-6,8H,1-2,11H2. The predicted octanol–water partition coefficient (Wildman–Crippen LogP) is 2.06. The minimum Gasteiger partial charge on any atom is -0.339 e. The number of hydrogen-bond donors (Lipinski definition) is 1. The van der Waals surface area contributed by atoms with E-state index < -0.39 is 0 Å². The number of hydrogen-bond acceptors (Lipinski definition) is 5. The highest BCUT2D eigenvalue weighted by atomic mass is 32.1. The first-order valence-corrected chi connectivity index (χ1v) is 5.90. The molecule has 1 atom stereocenters. The van der Waals surface area contributed by atoms with E-state index in [1.807, 2.05) is 16.8 Å². The van der Waals surface area contributed by atoms with E-state index >= 15 is 0 Å². The van der Waals surface area contributed by atoms with Crippen molar-refractivity contribution in [3.05, 3.63) is 34.1 Å². The van der Waals surface area contributed by atoms with Gasteiger partial charge in [-0.25, -0.2) is 0 Å². The first-order chi connectivity index (χ1) is 7.34. The molecular weight excluding hydrogens is 210 g/mol. The average Bonchev–Trinajstić information content (AvgIpc) is 2.83. The molecular formula is C10H11N3OS. The van der Waals surface area contributed by atoms with Gasteiger partial charge in [-0.05, 0) is 35.2 Å². The van der Waals surface area contributed by atoms with Gasteiger partial charge in [-0.1, -0.05) is 5.16 Å². The third-order valence-electron chi connectivity index (χ3n) is 2.56. The second-order valence-corrected chi connectivity index (χ2v) is 4.58. The highest BCUT2D eigenvalue weighted by Crippen LogP contribution is 2.39. The summed E-state index contributed by atoms with van der Waals surface area (Å²) < 4.78 is 5.17. The minimum atomic E-state index is -0.257. The molecule has 1 aliphatic carbocycles. The van der Waals surface area contributed by atoms with Gasteiger partial charge in [-0.3, -0.25) is 0 Å². The topological polar surface area (TPSA) is 64.9 Å². The van der Waals surface area contributed by atoms with E-state index in [2.05, 4.69) is 10.1 Å². The SMILES string of the molecule is NC(c1ccsc1)c1noc(C2CC2)n1. The summed E-state index contributed by atoms with van der Waals surface area (Å²) in [5.74, 6) is 1.83. The average molecular weight is 221 g/mol. The zero-order valence-corrected chi connectivity index (χ0v) is 8.91. The fraction of sp³-hybridized carbons (Fsp3) is 0.400. The van der Waals surface area contributed by atoms with Gasteiger partial charge in [0.15, 0.2) is 5.82 Å². The normalized spacial score (nSPS) is 17.9. The van der Waals surface area contributed by atoms with Crippen LogP contribution in [-0.4, -0.2) is 10.1 Å². The lowest BCUT2D eigenvalue weighted by Gasteiger charge is -2.02. The van der Waals surface area contributed by atoms with Crippen molar-refractivity contribution in [2.24, 2.45) is 5.73 Å². The van der Waals surface area contributed by atoms with E-state index in [1.54, 1.807) is 11.3 Å². The van der Waals surface area contributed by atoms with Crippen molar-refractivity contribution < 1.29 is 4.52 Å². The van der Waals surface area contributed by atoms with E-state index in [0.717, 1.165) is 24.3 Å². The van der Waals surface area contributed by atoms with Crippen molar-refractivity contribution in [3.63, 3.8) is 0 Å². The molecule has 1 unspecified atom stereocenters. The first kappa shape index (κ1) is 9.06. The van der Waals surface area contributed by atoms with Crippen LogP contribution >= 0.6 is 11.3 Å². The van der Waals surface area contributed by atoms with E-state index in [1.165, 1.54) is 0 Å². The van der Waals surface area contributed by atoms with Crippen LogP contribution in [-0.2, 0) is 0 Å². The number of thiophene rings is 1. The van der Waals surface area contributed by atoms with Gasteiger partial charge in [0.25, 0.3) is 0 Å². The van der Waals surface area contributed by atoms with Crippen molar-refractivity contribution >= 4 is 11.3 Å². The Morgan fingerprint density at radius 3 is 3.07 bits per heavy atom. The molecule has 2 heterocycles. The van der Waals surface area contributed by atoms with E-state index in [0.29, 0.717) is 11.7 Å². The van der Waals surface area contributed by atoms with Gasteiger partial charge in [0, 0.05) is 5.92 Å². The van der Waals surface area contributed by atoms with Crippen LogP contribution in [0.3, 0.4) is 0 Å². The molecule has 2 aromatic heterocycles. The molecule has 0 bridgehead atoms. The van der Waals surface area contributed by atoms with Crippen LogP contribution in [0.1, 0.15) is 42.1 Å². The van der Waals surface area contributed by atoms with Gasteiger partial charge < -0.3 is 10.3 Å². The maximum Gasteiger partial charge on any atom is 0.229 e. The number of nitrogens with two attached hydrogens (primary N) is 1. The monoisotopic (exact) mass is 221 g/mol. The Labute approximate surface area is 91.1 Å². The molecule has 1 fully saturated rings. The first-order valence-electron chi connectivity index (χ1n) is 4.96. The van der Waals surface area contributed by atoms with Crippen LogP contribution in [0.15, 0.2) is 21.3 Å². The maximum atomic E-state index is 6.02. The zero-order chi connectivity index (χ0) is 10.3. The third-order valence-corrected chi connectivity index (χ3v) is 3.27. The predicted molar refractivity (Wildman–Crippen MR) is 56.6 cm³/mol. The Kier molecular flexibility index (Phi) is 2.07. The summed E-state index contributed by atoms with van der Waals surface area (Å²) in [6, 6.07) is 1.73.